The molecule has 0 aromatic carbocycles. The Labute approximate surface area is 108 Å². The second-order valence-electron chi connectivity index (χ2n) is 5.46. The molecule has 0 amide bonds. The summed E-state index contributed by atoms with van der Waals surface area (Å²) in [6.07, 6.45) is 5.32. The van der Waals surface area contributed by atoms with E-state index in [2.05, 4.69) is 36.0 Å². The molecule has 0 spiro atoms. The molecule has 1 fully saturated rings. The largest absolute Gasteiger partial charge is 0.317 e. The third-order valence-corrected chi connectivity index (χ3v) is 3.69. The van der Waals surface area contributed by atoms with Crippen LogP contribution in [0.5, 0.6) is 0 Å². The lowest BCUT2D eigenvalue weighted by Gasteiger charge is -2.38. The Morgan fingerprint density at radius 1 is 1.12 bits per heavy atom. The van der Waals surface area contributed by atoms with Gasteiger partial charge in [-0.15, -0.1) is 0 Å². The Morgan fingerprint density at radius 2 is 1.94 bits per heavy atom. The second-order valence-corrected chi connectivity index (χ2v) is 5.46. The molecule has 0 saturated carbocycles. The molecular weight excluding hydrogens is 210 g/mol. The molecule has 1 heterocycles. The van der Waals surface area contributed by atoms with Gasteiger partial charge in [-0.25, -0.2) is 0 Å². The van der Waals surface area contributed by atoms with Gasteiger partial charge in [-0.3, -0.25) is 4.90 Å². The molecule has 17 heavy (non-hydrogen) atoms. The molecule has 0 aromatic heterocycles. The third kappa shape index (κ3) is 6.39. The molecule has 1 N–H and O–H groups in total. The molecule has 1 aliphatic rings. The van der Waals surface area contributed by atoms with Gasteiger partial charge in [0, 0.05) is 25.7 Å². The van der Waals surface area contributed by atoms with E-state index in [0.29, 0.717) is 0 Å². The molecule has 0 aromatic rings. The number of unbranched alkanes of at least 4 members (excludes halogenated alkanes) is 2. The highest BCUT2D eigenvalue weighted by molar-refractivity contribution is 4.76. The molecule has 1 unspecified atom stereocenters. The van der Waals surface area contributed by atoms with Crippen LogP contribution in [0.25, 0.3) is 0 Å². The van der Waals surface area contributed by atoms with E-state index in [1.165, 1.54) is 65.0 Å². The summed E-state index contributed by atoms with van der Waals surface area (Å²) in [6.45, 7) is 12.0. The van der Waals surface area contributed by atoms with Gasteiger partial charge in [0.25, 0.3) is 0 Å². The molecule has 1 rings (SSSR count). The van der Waals surface area contributed by atoms with Crippen molar-refractivity contribution in [2.75, 3.05) is 46.3 Å². The van der Waals surface area contributed by atoms with Crippen molar-refractivity contribution >= 4 is 0 Å². The van der Waals surface area contributed by atoms with Gasteiger partial charge in [0.15, 0.2) is 0 Å². The Bertz CT molecular complexity index is 184. The van der Waals surface area contributed by atoms with E-state index in [1.54, 1.807) is 0 Å². The summed E-state index contributed by atoms with van der Waals surface area (Å²) in [7, 11) is 2.23. The maximum absolute atomic E-state index is 3.47. The van der Waals surface area contributed by atoms with Gasteiger partial charge in [0.1, 0.15) is 0 Å². The van der Waals surface area contributed by atoms with Crippen molar-refractivity contribution in [2.24, 2.45) is 0 Å². The van der Waals surface area contributed by atoms with E-state index >= 15 is 0 Å². The van der Waals surface area contributed by atoms with E-state index in [0.717, 1.165) is 6.04 Å². The van der Waals surface area contributed by atoms with Crippen molar-refractivity contribution in [1.29, 1.82) is 0 Å². The van der Waals surface area contributed by atoms with Crippen LogP contribution >= 0.6 is 0 Å². The summed E-state index contributed by atoms with van der Waals surface area (Å²) in [5.41, 5.74) is 0. The molecule has 0 bridgehead atoms. The lowest BCUT2D eigenvalue weighted by Crippen LogP contribution is -2.50. The Morgan fingerprint density at radius 3 is 2.65 bits per heavy atom. The highest BCUT2D eigenvalue weighted by Gasteiger charge is 2.20. The maximum atomic E-state index is 3.47. The number of hydrogen-bond donors (Lipinski definition) is 1. The lowest BCUT2D eigenvalue weighted by atomic mass is 10.1. The highest BCUT2D eigenvalue weighted by atomic mass is 15.3. The van der Waals surface area contributed by atoms with Crippen LogP contribution in [-0.2, 0) is 0 Å². The van der Waals surface area contributed by atoms with Crippen LogP contribution in [0.2, 0.25) is 0 Å². The molecule has 102 valence electrons. The van der Waals surface area contributed by atoms with Crippen molar-refractivity contribution < 1.29 is 0 Å². The standard InChI is InChI=1S/C14H31N3/c1-4-8-15-9-6-5-7-10-17-12-11-16(3)13-14(17)2/h14-15H,4-13H2,1-3H3. The van der Waals surface area contributed by atoms with Crippen LogP contribution in [0.4, 0.5) is 0 Å². The number of hydrogen-bond acceptors (Lipinski definition) is 3. The molecule has 1 saturated heterocycles. The van der Waals surface area contributed by atoms with Crippen molar-refractivity contribution in [3.63, 3.8) is 0 Å². The average molecular weight is 241 g/mol. The van der Waals surface area contributed by atoms with Gasteiger partial charge in [0.05, 0.1) is 0 Å². The Kier molecular flexibility index (Phi) is 7.82. The fourth-order valence-electron chi connectivity index (χ4n) is 2.55. The second kappa shape index (κ2) is 8.90. The van der Waals surface area contributed by atoms with Crippen molar-refractivity contribution in [3.05, 3.63) is 0 Å². The van der Waals surface area contributed by atoms with Crippen molar-refractivity contribution in [3.8, 4) is 0 Å². The fraction of sp³-hybridized carbons (Fsp3) is 1.00. The minimum atomic E-state index is 0.743. The van der Waals surface area contributed by atoms with Gasteiger partial charge in [0.2, 0.25) is 0 Å². The monoisotopic (exact) mass is 241 g/mol. The molecule has 1 atom stereocenters. The van der Waals surface area contributed by atoms with E-state index in [4.69, 9.17) is 0 Å². The van der Waals surface area contributed by atoms with E-state index in [-0.39, 0.29) is 0 Å². The first kappa shape index (κ1) is 14.9. The first-order valence-electron chi connectivity index (χ1n) is 7.37. The number of piperazine rings is 1. The summed E-state index contributed by atoms with van der Waals surface area (Å²) in [5.74, 6) is 0. The first-order chi connectivity index (χ1) is 8.24. The Balaban J connectivity index is 1.95. The topological polar surface area (TPSA) is 18.5 Å². The van der Waals surface area contributed by atoms with Crippen molar-refractivity contribution in [2.45, 2.75) is 45.6 Å². The zero-order chi connectivity index (χ0) is 12.5. The summed E-state index contributed by atoms with van der Waals surface area (Å²) in [6, 6.07) is 0.743. The lowest BCUT2D eigenvalue weighted by molar-refractivity contribution is 0.0984. The SMILES string of the molecule is CCCNCCCCCN1CCN(C)CC1C. The number of nitrogens with zero attached hydrogens (tertiary/aromatic N) is 2. The third-order valence-electron chi connectivity index (χ3n) is 3.69. The van der Waals surface area contributed by atoms with Crippen molar-refractivity contribution in [1.82, 2.24) is 15.1 Å². The number of rotatable bonds is 8. The first-order valence-corrected chi connectivity index (χ1v) is 7.37. The zero-order valence-electron chi connectivity index (χ0n) is 12.0. The summed E-state index contributed by atoms with van der Waals surface area (Å²) in [4.78, 5) is 5.09. The maximum Gasteiger partial charge on any atom is 0.0195 e. The van der Waals surface area contributed by atoms with Crippen LogP contribution < -0.4 is 5.32 Å². The summed E-state index contributed by atoms with van der Waals surface area (Å²) >= 11 is 0. The molecule has 0 aliphatic carbocycles. The van der Waals surface area contributed by atoms with Crippen LogP contribution in [0.15, 0.2) is 0 Å². The van der Waals surface area contributed by atoms with E-state index in [1.807, 2.05) is 0 Å². The smallest absolute Gasteiger partial charge is 0.0195 e. The average Bonchev–Trinajstić information content (AvgIpc) is 2.30. The Hall–Kier alpha value is -0.120. The van der Waals surface area contributed by atoms with Gasteiger partial charge in [-0.2, -0.15) is 0 Å². The normalized spacial score (nSPS) is 23.1. The highest BCUT2D eigenvalue weighted by Crippen LogP contribution is 2.09. The predicted molar refractivity (Wildman–Crippen MR) is 75.5 cm³/mol. The van der Waals surface area contributed by atoms with E-state index in [9.17, 15) is 0 Å². The van der Waals surface area contributed by atoms with Gasteiger partial charge >= 0.3 is 0 Å². The number of likely N-dealkylation sites (N-methyl/N-ethyl adjacent to an activating group) is 1. The van der Waals surface area contributed by atoms with Crippen LogP contribution in [0, 0.1) is 0 Å². The zero-order valence-corrected chi connectivity index (χ0v) is 12.0. The van der Waals surface area contributed by atoms with Crippen LogP contribution in [0.1, 0.15) is 39.5 Å². The van der Waals surface area contributed by atoms with Gasteiger partial charge < -0.3 is 10.2 Å². The minimum absolute atomic E-state index is 0.743. The summed E-state index contributed by atoms with van der Waals surface area (Å²) < 4.78 is 0. The van der Waals surface area contributed by atoms with E-state index < -0.39 is 0 Å². The molecular formula is C14H31N3. The van der Waals surface area contributed by atoms with Crippen LogP contribution in [0.3, 0.4) is 0 Å². The molecule has 3 heteroatoms. The minimum Gasteiger partial charge on any atom is -0.317 e. The summed E-state index contributed by atoms with van der Waals surface area (Å²) in [5, 5.41) is 3.47. The molecule has 3 nitrogen and oxygen atoms in total. The fourth-order valence-corrected chi connectivity index (χ4v) is 2.55. The van der Waals surface area contributed by atoms with Crippen LogP contribution in [-0.4, -0.2) is 62.2 Å². The molecule has 0 radical (unpaired) electrons. The molecule has 1 aliphatic heterocycles. The number of nitrogens with one attached hydrogen (secondary N) is 1. The van der Waals surface area contributed by atoms with Gasteiger partial charge in [-0.05, 0) is 52.9 Å². The predicted octanol–water partition coefficient (Wildman–Crippen LogP) is 1.79. The quantitative estimate of drug-likeness (QED) is 0.654. The van der Waals surface area contributed by atoms with Gasteiger partial charge in [-0.1, -0.05) is 13.3 Å².